The molecule has 0 atom stereocenters. The molecule has 0 bridgehead atoms. The van der Waals surface area contributed by atoms with E-state index in [0.717, 1.165) is 11.5 Å². The van der Waals surface area contributed by atoms with Crippen LogP contribution in [0.2, 0.25) is 0 Å². The van der Waals surface area contributed by atoms with Crippen LogP contribution in [-0.4, -0.2) is 15.5 Å². The van der Waals surface area contributed by atoms with Gasteiger partial charge >= 0.3 is 0 Å². The molecule has 1 aromatic rings. The zero-order chi connectivity index (χ0) is 12.3. The lowest BCUT2D eigenvalue weighted by Crippen LogP contribution is -2.37. The molecule has 0 radical (unpaired) electrons. The summed E-state index contributed by atoms with van der Waals surface area (Å²) >= 11 is 0. The Bertz CT molecular complexity index is 384. The van der Waals surface area contributed by atoms with Gasteiger partial charge in [0.1, 0.15) is 5.82 Å². The predicted octanol–water partition coefficient (Wildman–Crippen LogP) is 2.21. The van der Waals surface area contributed by atoms with Gasteiger partial charge in [0.2, 0.25) is 5.95 Å². The minimum absolute atomic E-state index is 0.158. The number of anilines is 2. The Morgan fingerprint density at radius 1 is 1.24 bits per heavy atom. The predicted molar refractivity (Wildman–Crippen MR) is 69.7 cm³/mol. The van der Waals surface area contributed by atoms with Gasteiger partial charge in [-0.15, -0.1) is 0 Å². The lowest BCUT2D eigenvalue weighted by molar-refractivity contribution is 0.348. The van der Waals surface area contributed by atoms with Crippen molar-refractivity contribution in [3.8, 4) is 0 Å². The number of hydrazine groups is 1. The van der Waals surface area contributed by atoms with Crippen LogP contribution in [0.5, 0.6) is 0 Å². The maximum absolute atomic E-state index is 5.35. The second kappa shape index (κ2) is 4.87. The summed E-state index contributed by atoms with van der Waals surface area (Å²) in [4.78, 5) is 8.51. The standard InChI is InChI=1S/C12H21N5/c1-9-8-10(15-11(14-9)17-13)16-12(2)6-4-3-5-7-12/h8H,3-7,13H2,1-2H3,(H2,14,15,16,17). The summed E-state index contributed by atoms with van der Waals surface area (Å²) in [7, 11) is 0. The number of nitrogen functional groups attached to an aromatic ring is 1. The van der Waals surface area contributed by atoms with E-state index in [1.165, 1.54) is 32.1 Å². The van der Waals surface area contributed by atoms with Crippen LogP contribution >= 0.6 is 0 Å². The molecule has 1 aliphatic rings. The smallest absolute Gasteiger partial charge is 0.239 e. The third-order valence-electron chi connectivity index (χ3n) is 3.37. The number of nitrogens with two attached hydrogens (primary N) is 1. The zero-order valence-corrected chi connectivity index (χ0v) is 10.6. The molecular formula is C12H21N5. The van der Waals surface area contributed by atoms with Crippen molar-refractivity contribution < 1.29 is 0 Å². The quantitative estimate of drug-likeness (QED) is 0.553. The molecule has 0 spiro atoms. The second-order valence-electron chi connectivity index (χ2n) is 5.11. The summed E-state index contributed by atoms with van der Waals surface area (Å²) in [6.07, 6.45) is 6.31. The minimum Gasteiger partial charge on any atom is -0.365 e. The van der Waals surface area contributed by atoms with E-state index >= 15 is 0 Å². The van der Waals surface area contributed by atoms with Gasteiger partial charge in [-0.3, -0.25) is 5.43 Å². The molecule has 5 heteroatoms. The molecule has 1 aliphatic carbocycles. The van der Waals surface area contributed by atoms with Crippen LogP contribution in [0.25, 0.3) is 0 Å². The highest BCUT2D eigenvalue weighted by molar-refractivity contribution is 5.43. The molecule has 1 fully saturated rings. The zero-order valence-electron chi connectivity index (χ0n) is 10.6. The maximum Gasteiger partial charge on any atom is 0.239 e. The Morgan fingerprint density at radius 3 is 2.59 bits per heavy atom. The van der Waals surface area contributed by atoms with Crippen molar-refractivity contribution in [3.05, 3.63) is 11.8 Å². The SMILES string of the molecule is Cc1cc(NC2(C)CCCCC2)nc(NN)n1. The summed E-state index contributed by atoms with van der Waals surface area (Å²) in [5.74, 6) is 6.67. The molecule has 0 saturated heterocycles. The number of aryl methyl sites for hydroxylation is 1. The van der Waals surface area contributed by atoms with Crippen molar-refractivity contribution in [1.82, 2.24) is 9.97 Å². The minimum atomic E-state index is 0.158. The van der Waals surface area contributed by atoms with Gasteiger partial charge < -0.3 is 5.32 Å². The van der Waals surface area contributed by atoms with Crippen molar-refractivity contribution in [1.29, 1.82) is 0 Å². The first-order valence-electron chi connectivity index (χ1n) is 6.22. The highest BCUT2D eigenvalue weighted by Gasteiger charge is 2.26. The topological polar surface area (TPSA) is 75.9 Å². The van der Waals surface area contributed by atoms with Gasteiger partial charge in [-0.1, -0.05) is 19.3 Å². The highest BCUT2D eigenvalue weighted by Crippen LogP contribution is 2.30. The summed E-state index contributed by atoms with van der Waals surface area (Å²) in [6.45, 7) is 4.20. The first kappa shape index (κ1) is 12.1. The molecule has 1 saturated carbocycles. The number of hydrogen-bond acceptors (Lipinski definition) is 5. The van der Waals surface area contributed by atoms with Crippen molar-refractivity contribution in [2.45, 2.75) is 51.5 Å². The highest BCUT2D eigenvalue weighted by atomic mass is 15.3. The molecule has 1 aromatic heterocycles. The number of aromatic nitrogens is 2. The largest absolute Gasteiger partial charge is 0.365 e. The van der Waals surface area contributed by atoms with Crippen molar-refractivity contribution in [2.24, 2.45) is 5.84 Å². The third kappa shape index (κ3) is 3.06. The van der Waals surface area contributed by atoms with E-state index in [2.05, 4.69) is 27.6 Å². The van der Waals surface area contributed by atoms with E-state index in [9.17, 15) is 0 Å². The molecule has 2 rings (SSSR count). The fourth-order valence-electron chi connectivity index (χ4n) is 2.46. The van der Waals surface area contributed by atoms with Crippen molar-refractivity contribution in [3.63, 3.8) is 0 Å². The monoisotopic (exact) mass is 235 g/mol. The second-order valence-corrected chi connectivity index (χ2v) is 5.11. The van der Waals surface area contributed by atoms with Crippen LogP contribution in [0.3, 0.4) is 0 Å². The van der Waals surface area contributed by atoms with E-state index in [4.69, 9.17) is 5.84 Å². The van der Waals surface area contributed by atoms with Crippen LogP contribution in [0, 0.1) is 6.92 Å². The molecule has 5 nitrogen and oxygen atoms in total. The van der Waals surface area contributed by atoms with Gasteiger partial charge in [0.05, 0.1) is 0 Å². The average Bonchev–Trinajstić information content (AvgIpc) is 2.28. The van der Waals surface area contributed by atoms with Crippen LogP contribution in [0.4, 0.5) is 11.8 Å². The Kier molecular flexibility index (Phi) is 3.47. The van der Waals surface area contributed by atoms with Gasteiger partial charge in [-0.05, 0) is 26.7 Å². The summed E-state index contributed by atoms with van der Waals surface area (Å²) in [5.41, 5.74) is 3.57. The van der Waals surface area contributed by atoms with Gasteiger partial charge in [0, 0.05) is 17.3 Å². The first-order valence-corrected chi connectivity index (χ1v) is 6.22. The Morgan fingerprint density at radius 2 is 1.94 bits per heavy atom. The molecule has 0 unspecified atom stereocenters. The molecular weight excluding hydrogens is 214 g/mol. The van der Waals surface area contributed by atoms with Gasteiger partial charge in [0.15, 0.2) is 0 Å². The van der Waals surface area contributed by atoms with E-state index < -0.39 is 0 Å². The van der Waals surface area contributed by atoms with Gasteiger partial charge in [0.25, 0.3) is 0 Å². The molecule has 94 valence electrons. The fraction of sp³-hybridized carbons (Fsp3) is 0.667. The number of nitrogens with zero attached hydrogens (tertiary/aromatic N) is 2. The number of nitrogens with one attached hydrogen (secondary N) is 2. The van der Waals surface area contributed by atoms with Crippen molar-refractivity contribution in [2.75, 3.05) is 10.7 Å². The molecule has 1 heterocycles. The van der Waals surface area contributed by atoms with Gasteiger partial charge in [-0.25, -0.2) is 10.8 Å². The molecule has 0 amide bonds. The van der Waals surface area contributed by atoms with E-state index in [-0.39, 0.29) is 5.54 Å². The fourth-order valence-corrected chi connectivity index (χ4v) is 2.46. The Labute approximate surface area is 102 Å². The van der Waals surface area contributed by atoms with Crippen molar-refractivity contribution >= 4 is 11.8 Å². The summed E-state index contributed by atoms with van der Waals surface area (Å²) in [5, 5.41) is 3.53. The normalized spacial score (nSPS) is 18.8. The van der Waals surface area contributed by atoms with Crippen LogP contribution in [0.1, 0.15) is 44.7 Å². The van der Waals surface area contributed by atoms with Crippen LogP contribution in [0.15, 0.2) is 6.07 Å². The Hall–Kier alpha value is -1.36. The van der Waals surface area contributed by atoms with E-state index in [1.54, 1.807) is 0 Å². The van der Waals surface area contributed by atoms with Crippen LogP contribution in [-0.2, 0) is 0 Å². The van der Waals surface area contributed by atoms with Gasteiger partial charge in [-0.2, -0.15) is 4.98 Å². The summed E-state index contributed by atoms with van der Waals surface area (Å²) in [6, 6.07) is 1.96. The third-order valence-corrected chi connectivity index (χ3v) is 3.37. The number of hydrogen-bond donors (Lipinski definition) is 3. The molecule has 0 aliphatic heterocycles. The van der Waals surface area contributed by atoms with E-state index in [1.807, 2.05) is 13.0 Å². The first-order chi connectivity index (χ1) is 8.11. The maximum atomic E-state index is 5.35. The average molecular weight is 235 g/mol. The van der Waals surface area contributed by atoms with Crippen LogP contribution < -0.4 is 16.6 Å². The lowest BCUT2D eigenvalue weighted by atomic mass is 9.83. The Balaban J connectivity index is 2.14. The van der Waals surface area contributed by atoms with E-state index in [0.29, 0.717) is 5.95 Å². The molecule has 17 heavy (non-hydrogen) atoms. The lowest BCUT2D eigenvalue weighted by Gasteiger charge is -2.35. The molecule has 0 aromatic carbocycles. The number of rotatable bonds is 3. The molecule has 4 N–H and O–H groups in total. The summed E-state index contributed by atoms with van der Waals surface area (Å²) < 4.78 is 0.